The van der Waals surface area contributed by atoms with Gasteiger partial charge in [0.15, 0.2) is 0 Å². The summed E-state index contributed by atoms with van der Waals surface area (Å²) in [6.45, 7) is 7.22. The summed E-state index contributed by atoms with van der Waals surface area (Å²) < 4.78 is 35.5. The molecule has 2 fully saturated rings. The molecule has 0 aliphatic carbocycles. The molecule has 11 heteroatoms. The minimum atomic E-state index is -4.14. The van der Waals surface area contributed by atoms with Crippen LogP contribution in [0.3, 0.4) is 0 Å². The first kappa shape index (κ1) is 34.7. The first-order chi connectivity index (χ1) is 23.7. The number of piperidine rings is 2. The van der Waals surface area contributed by atoms with Gasteiger partial charge in [-0.2, -0.15) is 0 Å². The highest BCUT2D eigenvalue weighted by molar-refractivity contribution is 7.93. The number of carbonyl (C=O) groups excluding carboxylic acids is 2. The topological polar surface area (TPSA) is 108 Å². The van der Waals surface area contributed by atoms with Crippen LogP contribution in [0.15, 0.2) is 77.7 Å². The number of hydrogen-bond donors (Lipinski definition) is 2. The molecule has 2 aliphatic heterocycles. The molecule has 1 amide bonds. The minimum absolute atomic E-state index is 0.0625. The molecule has 49 heavy (non-hydrogen) atoms. The number of thiophene rings is 1. The van der Waals surface area contributed by atoms with E-state index < -0.39 is 16.0 Å². The van der Waals surface area contributed by atoms with Gasteiger partial charge in [0.2, 0.25) is 0 Å². The molecule has 0 unspecified atom stereocenters. The van der Waals surface area contributed by atoms with Gasteiger partial charge in [0, 0.05) is 37.6 Å². The van der Waals surface area contributed by atoms with Crippen molar-refractivity contribution in [1.29, 1.82) is 0 Å². The van der Waals surface area contributed by atoms with Gasteiger partial charge < -0.3 is 15.0 Å². The summed E-state index contributed by atoms with van der Waals surface area (Å²) >= 11 is 1.18. The van der Waals surface area contributed by atoms with Crippen LogP contribution in [0.4, 0.5) is 11.4 Å². The van der Waals surface area contributed by atoms with Gasteiger partial charge in [0.1, 0.15) is 4.90 Å². The van der Waals surface area contributed by atoms with Gasteiger partial charge in [-0.15, -0.1) is 11.3 Å². The Morgan fingerprint density at radius 1 is 0.796 bits per heavy atom. The highest BCUT2D eigenvalue weighted by Gasteiger charge is 2.30. The van der Waals surface area contributed by atoms with Crippen molar-refractivity contribution in [3.05, 3.63) is 99.9 Å². The van der Waals surface area contributed by atoms with Gasteiger partial charge in [-0.1, -0.05) is 42.8 Å². The van der Waals surface area contributed by atoms with E-state index in [2.05, 4.69) is 32.0 Å². The molecule has 0 atom stereocenters. The van der Waals surface area contributed by atoms with Crippen LogP contribution in [0.5, 0.6) is 0 Å². The molecule has 3 aromatic carbocycles. The zero-order valence-electron chi connectivity index (χ0n) is 28.2. The lowest BCUT2D eigenvalue weighted by atomic mass is 10.1. The highest BCUT2D eigenvalue weighted by atomic mass is 32.2. The minimum Gasteiger partial charge on any atom is -0.465 e. The maximum absolute atomic E-state index is 14.1. The Hall–Kier alpha value is -4.19. The fraction of sp³-hybridized carbons (Fsp3) is 0.368. The lowest BCUT2D eigenvalue weighted by Gasteiger charge is -2.28. The summed E-state index contributed by atoms with van der Waals surface area (Å²) in [7, 11) is -2.85. The number of likely N-dealkylation sites (tertiary alicyclic amines) is 1. The molecule has 3 heterocycles. The van der Waals surface area contributed by atoms with Crippen molar-refractivity contribution in [1.82, 2.24) is 10.2 Å². The van der Waals surface area contributed by atoms with Crippen LogP contribution in [-0.4, -0.2) is 58.5 Å². The number of hydrogen-bond acceptors (Lipinski definition) is 8. The summed E-state index contributed by atoms with van der Waals surface area (Å²) in [6.07, 6.45) is 7.35. The van der Waals surface area contributed by atoms with Gasteiger partial charge in [0.25, 0.3) is 15.9 Å². The van der Waals surface area contributed by atoms with E-state index in [-0.39, 0.29) is 10.8 Å². The number of benzene rings is 3. The summed E-state index contributed by atoms with van der Waals surface area (Å²) in [6, 6.07) is 22.3. The number of ether oxygens (including phenoxy) is 1. The van der Waals surface area contributed by atoms with Crippen LogP contribution in [0, 0.1) is 6.92 Å². The van der Waals surface area contributed by atoms with Crippen LogP contribution in [0.2, 0.25) is 0 Å². The molecule has 0 spiro atoms. The lowest BCUT2D eigenvalue weighted by Crippen LogP contribution is -2.29. The molecular weight excluding hydrogens is 657 g/mol. The average molecular weight is 701 g/mol. The number of amides is 1. The second kappa shape index (κ2) is 15.6. The quantitative estimate of drug-likeness (QED) is 0.159. The Morgan fingerprint density at radius 3 is 2.04 bits per heavy atom. The maximum Gasteiger partial charge on any atom is 0.337 e. The van der Waals surface area contributed by atoms with Crippen molar-refractivity contribution < 1.29 is 22.7 Å². The molecule has 2 saturated heterocycles. The first-order valence-corrected chi connectivity index (χ1v) is 19.3. The smallest absolute Gasteiger partial charge is 0.337 e. The number of nitrogens with one attached hydrogen (secondary N) is 2. The Morgan fingerprint density at radius 2 is 1.41 bits per heavy atom. The molecule has 2 N–H and O–H groups in total. The van der Waals surface area contributed by atoms with Crippen LogP contribution in [0.25, 0.3) is 10.4 Å². The number of rotatable bonds is 11. The van der Waals surface area contributed by atoms with Gasteiger partial charge >= 0.3 is 5.97 Å². The molecular formula is C38H44N4O5S2. The van der Waals surface area contributed by atoms with E-state index in [4.69, 9.17) is 4.74 Å². The fourth-order valence-corrected chi connectivity index (χ4v) is 9.66. The van der Waals surface area contributed by atoms with Gasteiger partial charge in [0.05, 0.1) is 22.4 Å². The van der Waals surface area contributed by atoms with E-state index >= 15 is 0 Å². The van der Waals surface area contributed by atoms with Crippen LogP contribution >= 0.6 is 11.3 Å². The fourth-order valence-electron chi connectivity index (χ4n) is 6.60. The van der Waals surface area contributed by atoms with Crippen molar-refractivity contribution >= 4 is 44.6 Å². The van der Waals surface area contributed by atoms with Crippen LogP contribution < -0.4 is 14.9 Å². The van der Waals surface area contributed by atoms with E-state index in [0.717, 1.165) is 62.4 Å². The van der Waals surface area contributed by atoms with E-state index in [1.807, 2.05) is 36.4 Å². The zero-order chi connectivity index (χ0) is 34.4. The predicted octanol–water partition coefficient (Wildman–Crippen LogP) is 7.22. The van der Waals surface area contributed by atoms with E-state index in [1.54, 1.807) is 6.92 Å². The number of anilines is 2. The summed E-state index contributed by atoms with van der Waals surface area (Å²) in [5.74, 6) is -0.836. The van der Waals surface area contributed by atoms with Gasteiger partial charge in [-0.3, -0.25) is 14.4 Å². The standard InChI is InChI=1S/C38H44N4O5S2/c1-27-34(37(43)39-25-28-9-11-29(12-10-28)26-41-21-5-3-6-22-41)48-35(30-15-19-33(20-16-30)42-23-7-4-8-24-42)36(27)49(45,46)40-32-17-13-31(14-18-32)38(44)47-2/h9-20,40H,3-8,21-26H2,1-2H3,(H,39,43). The lowest BCUT2D eigenvalue weighted by molar-refractivity contribution is 0.0600. The second-order valence-electron chi connectivity index (χ2n) is 12.8. The molecule has 0 bridgehead atoms. The largest absolute Gasteiger partial charge is 0.465 e. The van der Waals surface area contributed by atoms with E-state index in [9.17, 15) is 18.0 Å². The molecule has 2 aliphatic rings. The van der Waals surface area contributed by atoms with E-state index in [0.29, 0.717) is 33.1 Å². The highest BCUT2D eigenvalue weighted by Crippen LogP contribution is 2.41. The summed E-state index contributed by atoms with van der Waals surface area (Å²) in [5.41, 5.74) is 5.03. The van der Waals surface area contributed by atoms with Crippen molar-refractivity contribution in [3.8, 4) is 10.4 Å². The third kappa shape index (κ3) is 8.34. The molecule has 4 aromatic rings. The summed E-state index contributed by atoms with van der Waals surface area (Å²) in [5, 5.41) is 3.02. The third-order valence-electron chi connectivity index (χ3n) is 9.31. The molecule has 258 valence electrons. The van der Waals surface area contributed by atoms with Crippen molar-refractivity contribution in [2.75, 3.05) is 42.9 Å². The molecule has 1 aromatic heterocycles. The number of carbonyl (C=O) groups is 2. The molecule has 0 saturated carbocycles. The molecule has 9 nitrogen and oxygen atoms in total. The molecule has 0 radical (unpaired) electrons. The number of nitrogens with zero attached hydrogens (tertiary/aromatic N) is 2. The normalized spacial score (nSPS) is 15.5. The van der Waals surface area contributed by atoms with Crippen molar-refractivity contribution in [2.45, 2.75) is 63.4 Å². The molecule has 6 rings (SSSR count). The van der Waals surface area contributed by atoms with Crippen LogP contribution in [0.1, 0.15) is 75.2 Å². The number of methoxy groups -OCH3 is 1. The Balaban J connectivity index is 1.24. The average Bonchev–Trinajstić information content (AvgIpc) is 3.50. The van der Waals surface area contributed by atoms with Gasteiger partial charge in [-0.25, -0.2) is 13.2 Å². The Bertz CT molecular complexity index is 1860. The van der Waals surface area contributed by atoms with Gasteiger partial charge in [-0.05, 0) is 111 Å². The van der Waals surface area contributed by atoms with Crippen molar-refractivity contribution in [3.63, 3.8) is 0 Å². The Labute approximate surface area is 293 Å². The maximum atomic E-state index is 14.1. The monoisotopic (exact) mass is 700 g/mol. The van der Waals surface area contributed by atoms with Crippen molar-refractivity contribution in [2.24, 2.45) is 0 Å². The first-order valence-electron chi connectivity index (χ1n) is 17.0. The van der Waals surface area contributed by atoms with Crippen LogP contribution in [-0.2, 0) is 27.8 Å². The zero-order valence-corrected chi connectivity index (χ0v) is 29.8. The predicted molar refractivity (Wildman–Crippen MR) is 196 cm³/mol. The van der Waals surface area contributed by atoms with E-state index in [1.165, 1.54) is 74.0 Å². The third-order valence-corrected chi connectivity index (χ3v) is 12.3. The summed E-state index contributed by atoms with van der Waals surface area (Å²) in [4.78, 5) is 31.3. The second-order valence-corrected chi connectivity index (χ2v) is 15.5. The Kier molecular flexibility index (Phi) is 11.0. The number of sulfonamides is 1. The SMILES string of the molecule is COC(=O)c1ccc(NS(=O)(=O)c2c(-c3ccc(N4CCCCC4)cc3)sc(C(=O)NCc3ccc(CN4CCCCC4)cc3)c2C)cc1. The number of esters is 1.